The Morgan fingerprint density at radius 1 is 1.19 bits per heavy atom. The molecule has 1 aromatic carbocycles. The van der Waals surface area contributed by atoms with Crippen molar-refractivity contribution in [3.05, 3.63) is 23.8 Å². The summed E-state index contributed by atoms with van der Waals surface area (Å²) in [5, 5.41) is 0.686. The summed E-state index contributed by atoms with van der Waals surface area (Å²) in [7, 11) is -2.60. The zero-order valence-electron chi connectivity index (χ0n) is 12.5. The fourth-order valence-electron chi connectivity index (χ4n) is 1.97. The van der Waals surface area contributed by atoms with Gasteiger partial charge in [-0.25, -0.2) is 0 Å². The van der Waals surface area contributed by atoms with E-state index < -0.39 is 27.0 Å². The van der Waals surface area contributed by atoms with Crippen LogP contribution in [0.25, 0.3) is 0 Å². The minimum atomic E-state index is -2.60. The van der Waals surface area contributed by atoms with Crippen LogP contribution in [0, 0.1) is 0 Å². The van der Waals surface area contributed by atoms with E-state index in [9.17, 15) is 9.59 Å². The number of fused-ring (bicyclic) bond motifs is 1. The second-order valence-electron chi connectivity index (χ2n) is 5.21. The summed E-state index contributed by atoms with van der Waals surface area (Å²) >= 11 is 0. The molecule has 1 aliphatic rings. The maximum atomic E-state index is 11.2. The lowest BCUT2D eigenvalue weighted by Crippen LogP contribution is -2.41. The number of hydrogen-bond acceptors (Lipinski definition) is 6. The lowest BCUT2D eigenvalue weighted by molar-refractivity contribution is -0.180. The molecule has 0 amide bonds. The Bertz CT molecular complexity index is 553. The highest BCUT2D eigenvalue weighted by Gasteiger charge is 2.30. The number of carbonyl (C=O) groups is 2. The van der Waals surface area contributed by atoms with Crippen molar-refractivity contribution in [2.45, 2.75) is 40.1 Å². The van der Waals surface area contributed by atoms with E-state index in [1.807, 2.05) is 13.8 Å². The van der Waals surface area contributed by atoms with E-state index in [1.54, 1.807) is 18.2 Å². The van der Waals surface area contributed by atoms with E-state index in [0.29, 0.717) is 17.5 Å². The van der Waals surface area contributed by atoms with E-state index in [4.69, 9.17) is 18.3 Å². The van der Waals surface area contributed by atoms with Crippen molar-refractivity contribution in [1.29, 1.82) is 0 Å². The molecule has 0 saturated carbocycles. The smallest absolute Gasteiger partial charge is 0.483 e. The fraction of sp³-hybridized carbons (Fsp3) is 0.429. The number of rotatable bonds is 3. The molecule has 1 heterocycles. The molecule has 0 aromatic heterocycles. The van der Waals surface area contributed by atoms with E-state index in [1.165, 1.54) is 13.8 Å². The van der Waals surface area contributed by atoms with E-state index in [0.717, 1.165) is 5.56 Å². The standard InChI is InChI=1S/C14H18O6Si/c1-9(15)19-21(20-10(2)16)12-5-6-13-11(7-12)8-17-14(3,4)18-13/h5-7,21H,8H2,1-4H3. The molecule has 0 radical (unpaired) electrons. The summed E-state index contributed by atoms with van der Waals surface area (Å²) < 4.78 is 21.6. The third kappa shape index (κ3) is 4.05. The van der Waals surface area contributed by atoms with E-state index >= 15 is 0 Å². The molecule has 0 bridgehead atoms. The number of carbonyl (C=O) groups excluding carboxylic acids is 2. The van der Waals surface area contributed by atoms with Crippen LogP contribution < -0.4 is 9.92 Å². The zero-order valence-corrected chi connectivity index (χ0v) is 13.6. The molecule has 0 aliphatic carbocycles. The minimum Gasteiger partial charge on any atom is -0.484 e. The van der Waals surface area contributed by atoms with Crippen molar-refractivity contribution in [2.24, 2.45) is 0 Å². The van der Waals surface area contributed by atoms with Gasteiger partial charge in [0.25, 0.3) is 11.9 Å². The van der Waals surface area contributed by atoms with Crippen molar-refractivity contribution in [2.75, 3.05) is 0 Å². The maximum Gasteiger partial charge on any atom is 0.483 e. The third-order valence-corrected chi connectivity index (χ3v) is 4.83. The summed E-state index contributed by atoms with van der Waals surface area (Å²) in [6, 6.07) is 5.33. The zero-order chi connectivity index (χ0) is 15.6. The molecule has 0 saturated heterocycles. The van der Waals surface area contributed by atoms with Gasteiger partial charge in [-0.05, 0) is 12.1 Å². The molecule has 114 valence electrons. The normalized spacial score (nSPS) is 15.9. The second kappa shape index (κ2) is 5.86. The van der Waals surface area contributed by atoms with Crippen molar-refractivity contribution < 1.29 is 27.9 Å². The number of ether oxygens (including phenoxy) is 2. The average molecular weight is 310 g/mol. The van der Waals surface area contributed by atoms with Crippen LogP contribution in [0.1, 0.15) is 33.3 Å². The van der Waals surface area contributed by atoms with Gasteiger partial charge in [0, 0.05) is 38.4 Å². The first-order valence-electron chi connectivity index (χ1n) is 6.57. The average Bonchev–Trinajstić information content (AvgIpc) is 2.35. The van der Waals surface area contributed by atoms with Gasteiger partial charge in [-0.1, -0.05) is 6.07 Å². The Labute approximate surface area is 124 Å². The summed E-state index contributed by atoms with van der Waals surface area (Å²) in [6.07, 6.45) is 0. The quantitative estimate of drug-likeness (QED) is 0.772. The molecular weight excluding hydrogens is 292 g/mol. The summed E-state index contributed by atoms with van der Waals surface area (Å²) in [6.45, 7) is 6.63. The molecule has 0 atom stereocenters. The Kier molecular flexibility index (Phi) is 4.34. The first-order valence-corrected chi connectivity index (χ1v) is 8.09. The highest BCUT2D eigenvalue weighted by Crippen LogP contribution is 2.30. The molecule has 21 heavy (non-hydrogen) atoms. The number of benzene rings is 1. The fourth-order valence-corrected chi connectivity index (χ4v) is 3.48. The summed E-state index contributed by atoms with van der Waals surface area (Å²) in [5.74, 6) is -0.899. The Morgan fingerprint density at radius 2 is 1.81 bits per heavy atom. The molecule has 1 aromatic rings. The van der Waals surface area contributed by atoms with Gasteiger partial charge in [0.2, 0.25) is 5.79 Å². The van der Waals surface area contributed by atoms with Crippen LogP contribution in [0.2, 0.25) is 0 Å². The van der Waals surface area contributed by atoms with Crippen molar-refractivity contribution in [3.8, 4) is 5.75 Å². The highest BCUT2D eigenvalue weighted by molar-refractivity contribution is 6.64. The van der Waals surface area contributed by atoms with Crippen LogP contribution in [0.3, 0.4) is 0 Å². The Morgan fingerprint density at radius 3 is 2.38 bits per heavy atom. The lowest BCUT2D eigenvalue weighted by Gasteiger charge is -2.32. The van der Waals surface area contributed by atoms with Gasteiger partial charge in [0.05, 0.1) is 6.61 Å². The van der Waals surface area contributed by atoms with Gasteiger partial charge in [-0.3, -0.25) is 9.59 Å². The van der Waals surface area contributed by atoms with E-state index in [2.05, 4.69) is 0 Å². The molecule has 6 nitrogen and oxygen atoms in total. The van der Waals surface area contributed by atoms with Gasteiger partial charge in [-0.15, -0.1) is 0 Å². The predicted molar refractivity (Wildman–Crippen MR) is 76.3 cm³/mol. The number of hydrogen-bond donors (Lipinski definition) is 0. The molecule has 0 spiro atoms. The van der Waals surface area contributed by atoms with Gasteiger partial charge < -0.3 is 18.3 Å². The molecule has 1 aliphatic heterocycles. The van der Waals surface area contributed by atoms with Crippen LogP contribution >= 0.6 is 0 Å². The van der Waals surface area contributed by atoms with Crippen LogP contribution in [0.4, 0.5) is 0 Å². The highest BCUT2D eigenvalue weighted by atomic mass is 28.3. The Balaban J connectivity index is 2.26. The SMILES string of the molecule is CC(=O)O[SiH](OC(C)=O)c1ccc2c(c1)COC(C)(C)O2. The minimum absolute atomic E-state index is 0.386. The first-order chi connectivity index (χ1) is 9.77. The monoisotopic (exact) mass is 310 g/mol. The third-order valence-electron chi connectivity index (χ3n) is 2.83. The maximum absolute atomic E-state index is 11.2. The Hall–Kier alpha value is -1.86. The van der Waals surface area contributed by atoms with Crippen molar-refractivity contribution in [1.82, 2.24) is 0 Å². The van der Waals surface area contributed by atoms with Crippen LogP contribution in [0.5, 0.6) is 5.75 Å². The first kappa shape index (κ1) is 15.5. The van der Waals surface area contributed by atoms with Gasteiger partial charge in [0.1, 0.15) is 5.75 Å². The molecule has 0 fully saturated rings. The van der Waals surface area contributed by atoms with Crippen molar-refractivity contribution >= 4 is 26.4 Å². The lowest BCUT2D eigenvalue weighted by atomic mass is 10.2. The molecule has 0 unspecified atom stereocenters. The van der Waals surface area contributed by atoms with Crippen LogP contribution in [-0.2, 0) is 29.8 Å². The van der Waals surface area contributed by atoms with Gasteiger partial charge in [0.15, 0.2) is 0 Å². The topological polar surface area (TPSA) is 71.1 Å². The van der Waals surface area contributed by atoms with Crippen LogP contribution in [0.15, 0.2) is 18.2 Å². The summed E-state index contributed by atoms with van der Waals surface area (Å²) in [4.78, 5) is 22.3. The van der Waals surface area contributed by atoms with Gasteiger partial charge in [-0.2, -0.15) is 0 Å². The summed E-state index contributed by atoms with van der Waals surface area (Å²) in [5.41, 5.74) is 0.837. The molecule has 0 N–H and O–H groups in total. The van der Waals surface area contributed by atoms with Crippen LogP contribution in [-0.4, -0.2) is 27.0 Å². The second-order valence-corrected chi connectivity index (χ2v) is 7.01. The predicted octanol–water partition coefficient (Wildman–Crippen LogP) is 0.885. The van der Waals surface area contributed by atoms with Gasteiger partial charge >= 0.3 is 9.28 Å². The van der Waals surface area contributed by atoms with E-state index in [-0.39, 0.29) is 0 Å². The largest absolute Gasteiger partial charge is 0.484 e. The molecular formula is C14H18O6Si. The molecule has 7 heteroatoms. The van der Waals surface area contributed by atoms with Crippen molar-refractivity contribution in [3.63, 3.8) is 0 Å². The molecule has 2 rings (SSSR count).